The van der Waals surface area contributed by atoms with Crippen LogP contribution in [-0.2, 0) is 4.74 Å². The van der Waals surface area contributed by atoms with Crippen molar-refractivity contribution in [3.63, 3.8) is 0 Å². The molecule has 1 amide bonds. The summed E-state index contributed by atoms with van der Waals surface area (Å²) in [6, 6.07) is 5.87. The summed E-state index contributed by atoms with van der Waals surface area (Å²) in [5, 5.41) is 6.73. The molecule has 0 radical (unpaired) electrons. The second-order valence-corrected chi connectivity index (χ2v) is 6.30. The predicted octanol–water partition coefficient (Wildman–Crippen LogP) is 3.97. The number of carbonyl (C=O) groups is 1. The van der Waals surface area contributed by atoms with Crippen LogP contribution < -0.4 is 10.6 Å². The molecule has 0 bridgehead atoms. The third kappa shape index (κ3) is 6.15. The number of halogens is 1. The Hall–Kier alpha value is -1.42. The van der Waals surface area contributed by atoms with E-state index < -0.39 is 11.7 Å². The fourth-order valence-electron chi connectivity index (χ4n) is 1.57. The summed E-state index contributed by atoms with van der Waals surface area (Å²) in [5.41, 5.74) is 1.49. The minimum Gasteiger partial charge on any atom is -0.444 e. The number of rotatable bonds is 4. The number of amides is 1. The van der Waals surface area contributed by atoms with E-state index >= 15 is 0 Å². The van der Waals surface area contributed by atoms with E-state index in [0.29, 0.717) is 6.54 Å². The smallest absolute Gasteiger partial charge is 0.407 e. The van der Waals surface area contributed by atoms with Gasteiger partial charge in [0.15, 0.2) is 0 Å². The van der Waals surface area contributed by atoms with E-state index in [1.165, 1.54) is 0 Å². The van der Waals surface area contributed by atoms with E-state index in [4.69, 9.17) is 16.3 Å². The molecule has 4 nitrogen and oxygen atoms in total. The average molecular weight is 299 g/mol. The van der Waals surface area contributed by atoms with Gasteiger partial charge in [-0.25, -0.2) is 4.79 Å². The van der Waals surface area contributed by atoms with Crippen LogP contribution in [0.3, 0.4) is 0 Å². The SMILES string of the molecule is Cc1ccc(NC(C)CNC(=O)OC(C)(C)C)cc1Cl. The van der Waals surface area contributed by atoms with E-state index in [1.54, 1.807) is 0 Å². The maximum absolute atomic E-state index is 11.5. The highest BCUT2D eigenvalue weighted by atomic mass is 35.5. The fourth-order valence-corrected chi connectivity index (χ4v) is 1.75. The summed E-state index contributed by atoms with van der Waals surface area (Å²) in [6.07, 6.45) is -0.409. The van der Waals surface area contributed by atoms with Crippen molar-refractivity contribution in [2.24, 2.45) is 0 Å². The first-order chi connectivity index (χ1) is 9.17. The molecule has 2 N–H and O–H groups in total. The van der Waals surface area contributed by atoms with E-state index in [9.17, 15) is 4.79 Å². The molecule has 0 aliphatic carbocycles. The summed E-state index contributed by atoms with van der Waals surface area (Å²) in [7, 11) is 0. The molecule has 1 atom stereocenters. The Morgan fingerprint density at radius 1 is 1.40 bits per heavy atom. The van der Waals surface area contributed by atoms with Gasteiger partial charge in [-0.15, -0.1) is 0 Å². The van der Waals surface area contributed by atoms with Gasteiger partial charge in [-0.2, -0.15) is 0 Å². The van der Waals surface area contributed by atoms with E-state index in [2.05, 4.69) is 10.6 Å². The molecule has 1 aromatic rings. The van der Waals surface area contributed by atoms with Crippen molar-refractivity contribution in [3.8, 4) is 0 Å². The lowest BCUT2D eigenvalue weighted by Crippen LogP contribution is -2.38. The molecule has 0 saturated heterocycles. The highest BCUT2D eigenvalue weighted by molar-refractivity contribution is 6.31. The van der Waals surface area contributed by atoms with Gasteiger partial charge in [0.1, 0.15) is 5.60 Å². The summed E-state index contributed by atoms with van der Waals surface area (Å²) in [5.74, 6) is 0. The van der Waals surface area contributed by atoms with Crippen molar-refractivity contribution >= 4 is 23.4 Å². The quantitative estimate of drug-likeness (QED) is 0.884. The van der Waals surface area contributed by atoms with Crippen LogP contribution in [0.5, 0.6) is 0 Å². The number of carbonyl (C=O) groups excluding carboxylic acids is 1. The molecular formula is C15H23ClN2O2. The molecule has 20 heavy (non-hydrogen) atoms. The van der Waals surface area contributed by atoms with E-state index in [0.717, 1.165) is 16.3 Å². The van der Waals surface area contributed by atoms with E-state index in [-0.39, 0.29) is 6.04 Å². The third-order valence-electron chi connectivity index (χ3n) is 2.54. The largest absolute Gasteiger partial charge is 0.444 e. The molecule has 1 unspecified atom stereocenters. The maximum atomic E-state index is 11.5. The highest BCUT2D eigenvalue weighted by Gasteiger charge is 2.16. The number of aryl methyl sites for hydroxylation is 1. The van der Waals surface area contributed by atoms with Crippen LogP contribution in [0.1, 0.15) is 33.3 Å². The van der Waals surface area contributed by atoms with Crippen molar-refractivity contribution in [3.05, 3.63) is 28.8 Å². The molecule has 0 heterocycles. The van der Waals surface area contributed by atoms with Crippen molar-refractivity contribution in [2.75, 3.05) is 11.9 Å². The Bertz CT molecular complexity index is 469. The molecule has 112 valence electrons. The van der Waals surface area contributed by atoms with Gasteiger partial charge in [-0.05, 0) is 52.3 Å². The monoisotopic (exact) mass is 298 g/mol. The van der Waals surface area contributed by atoms with Crippen LogP contribution in [-0.4, -0.2) is 24.3 Å². The van der Waals surface area contributed by atoms with Crippen LogP contribution in [0.4, 0.5) is 10.5 Å². The van der Waals surface area contributed by atoms with Gasteiger partial charge in [0.2, 0.25) is 0 Å². The molecule has 0 aromatic heterocycles. The lowest BCUT2D eigenvalue weighted by atomic mass is 10.2. The van der Waals surface area contributed by atoms with E-state index in [1.807, 2.05) is 52.8 Å². The lowest BCUT2D eigenvalue weighted by Gasteiger charge is -2.21. The molecule has 0 aliphatic heterocycles. The van der Waals surface area contributed by atoms with Crippen molar-refractivity contribution in [2.45, 2.75) is 46.3 Å². The van der Waals surface area contributed by atoms with Gasteiger partial charge in [0, 0.05) is 23.3 Å². The minimum atomic E-state index is -0.481. The average Bonchev–Trinajstić information content (AvgIpc) is 2.29. The van der Waals surface area contributed by atoms with Crippen LogP contribution in [0.15, 0.2) is 18.2 Å². The predicted molar refractivity (Wildman–Crippen MR) is 83.5 cm³/mol. The van der Waals surface area contributed by atoms with Gasteiger partial charge in [-0.3, -0.25) is 0 Å². The fraction of sp³-hybridized carbons (Fsp3) is 0.533. The molecule has 0 spiro atoms. The highest BCUT2D eigenvalue weighted by Crippen LogP contribution is 2.20. The summed E-state index contributed by atoms with van der Waals surface area (Å²) in [6.45, 7) is 9.92. The van der Waals surface area contributed by atoms with Crippen molar-refractivity contribution < 1.29 is 9.53 Å². The first-order valence-corrected chi connectivity index (χ1v) is 7.05. The number of hydrogen-bond donors (Lipinski definition) is 2. The second-order valence-electron chi connectivity index (χ2n) is 5.89. The maximum Gasteiger partial charge on any atom is 0.407 e. The van der Waals surface area contributed by atoms with Crippen LogP contribution in [0.25, 0.3) is 0 Å². The zero-order chi connectivity index (χ0) is 15.3. The number of hydrogen-bond acceptors (Lipinski definition) is 3. The third-order valence-corrected chi connectivity index (χ3v) is 2.94. The molecule has 5 heteroatoms. The topological polar surface area (TPSA) is 50.4 Å². The number of ether oxygens (including phenoxy) is 1. The Morgan fingerprint density at radius 2 is 2.05 bits per heavy atom. The Balaban J connectivity index is 2.42. The van der Waals surface area contributed by atoms with Gasteiger partial charge in [-0.1, -0.05) is 17.7 Å². The lowest BCUT2D eigenvalue weighted by molar-refractivity contribution is 0.0526. The Kier molecular flexibility index (Phi) is 5.69. The Morgan fingerprint density at radius 3 is 2.60 bits per heavy atom. The zero-order valence-electron chi connectivity index (χ0n) is 12.7. The molecular weight excluding hydrogens is 276 g/mol. The first kappa shape index (κ1) is 16.6. The molecule has 0 saturated carbocycles. The zero-order valence-corrected chi connectivity index (χ0v) is 13.5. The number of nitrogens with one attached hydrogen (secondary N) is 2. The number of anilines is 1. The normalized spacial score (nSPS) is 12.7. The van der Waals surface area contributed by atoms with Crippen molar-refractivity contribution in [1.29, 1.82) is 0 Å². The molecule has 0 fully saturated rings. The number of benzene rings is 1. The number of alkyl carbamates (subject to hydrolysis) is 1. The molecule has 1 rings (SSSR count). The van der Waals surface area contributed by atoms with Crippen molar-refractivity contribution in [1.82, 2.24) is 5.32 Å². The first-order valence-electron chi connectivity index (χ1n) is 6.67. The van der Waals surface area contributed by atoms with Gasteiger partial charge in [0.25, 0.3) is 0 Å². The van der Waals surface area contributed by atoms with Crippen LogP contribution in [0, 0.1) is 6.92 Å². The summed E-state index contributed by atoms with van der Waals surface area (Å²) in [4.78, 5) is 11.5. The summed E-state index contributed by atoms with van der Waals surface area (Å²) >= 11 is 6.07. The van der Waals surface area contributed by atoms with Crippen LogP contribution >= 0.6 is 11.6 Å². The molecule has 1 aromatic carbocycles. The standard InChI is InChI=1S/C15H23ClN2O2/c1-10-6-7-12(8-13(10)16)18-11(2)9-17-14(19)20-15(3,4)5/h6-8,11,18H,9H2,1-5H3,(H,17,19). The van der Waals surface area contributed by atoms with Crippen LogP contribution in [0.2, 0.25) is 5.02 Å². The second kappa shape index (κ2) is 6.84. The summed E-state index contributed by atoms with van der Waals surface area (Å²) < 4.78 is 5.17. The van der Waals surface area contributed by atoms with Gasteiger partial charge >= 0.3 is 6.09 Å². The Labute approximate surface area is 125 Å². The van der Waals surface area contributed by atoms with Gasteiger partial charge < -0.3 is 15.4 Å². The molecule has 0 aliphatic rings. The van der Waals surface area contributed by atoms with Gasteiger partial charge in [0.05, 0.1) is 0 Å². The minimum absolute atomic E-state index is 0.0706.